The Morgan fingerprint density at radius 3 is 2.24 bits per heavy atom. The molecule has 0 amide bonds. The van der Waals surface area contributed by atoms with Crippen molar-refractivity contribution in [3.63, 3.8) is 0 Å². The molecule has 2 aliphatic heterocycles. The molecule has 13 nitrogen and oxygen atoms in total. The average Bonchev–Trinajstić information content (AvgIpc) is 3.53. The van der Waals surface area contributed by atoms with Crippen molar-refractivity contribution >= 4 is 12.0 Å². The number of hydrogen-bond acceptors (Lipinski definition) is 13. The number of phenols is 2. The molecule has 0 saturated carbocycles. The van der Waals surface area contributed by atoms with Gasteiger partial charge in [0.2, 0.25) is 6.29 Å². The summed E-state index contributed by atoms with van der Waals surface area (Å²) in [4.78, 5) is 12.4. The van der Waals surface area contributed by atoms with Crippen LogP contribution in [0.25, 0.3) is 6.08 Å². The molecule has 2 saturated heterocycles. The molecule has 0 unspecified atom stereocenters. The molecule has 5 rings (SSSR count). The molecule has 3 aromatic carbocycles. The summed E-state index contributed by atoms with van der Waals surface area (Å²) < 4.78 is 39.1. The third-order valence-electron chi connectivity index (χ3n) is 9.13. The Morgan fingerprint density at radius 2 is 1.54 bits per heavy atom. The number of phenolic OH excluding ortho intramolecular Hbond substituents is 2. The van der Waals surface area contributed by atoms with Gasteiger partial charge < -0.3 is 58.7 Å². The van der Waals surface area contributed by atoms with Crippen LogP contribution in [-0.4, -0.2) is 96.8 Å². The summed E-state index contributed by atoms with van der Waals surface area (Å²) in [6.07, 6.45) is -3.47. The third kappa shape index (κ3) is 8.25. The van der Waals surface area contributed by atoms with Crippen LogP contribution in [0.3, 0.4) is 0 Å². The molecule has 2 aliphatic rings. The lowest BCUT2D eigenvalue weighted by Crippen LogP contribution is -2.60. The van der Waals surface area contributed by atoms with Crippen LogP contribution in [0.4, 0.5) is 0 Å². The zero-order chi connectivity index (χ0) is 35.9. The summed E-state index contributed by atoms with van der Waals surface area (Å²) >= 11 is 0. The average molecular weight is 697 g/mol. The van der Waals surface area contributed by atoms with Gasteiger partial charge >= 0.3 is 5.97 Å². The summed E-state index contributed by atoms with van der Waals surface area (Å²) in [6.45, 7) is 2.22. The number of ether oxygens (including phenoxy) is 7. The van der Waals surface area contributed by atoms with E-state index in [1.165, 1.54) is 39.5 Å². The largest absolute Gasteiger partial charge is 0.504 e. The fourth-order valence-corrected chi connectivity index (χ4v) is 6.38. The highest BCUT2D eigenvalue weighted by Gasteiger charge is 2.46. The molecule has 0 spiro atoms. The second-order valence-corrected chi connectivity index (χ2v) is 12.2. The maximum absolute atomic E-state index is 12.4. The molecule has 0 aliphatic carbocycles. The van der Waals surface area contributed by atoms with Gasteiger partial charge in [-0.15, -0.1) is 0 Å². The summed E-state index contributed by atoms with van der Waals surface area (Å²) in [5.41, 5.74) is 2.47. The molecule has 2 heterocycles. The van der Waals surface area contributed by atoms with Crippen LogP contribution in [0.5, 0.6) is 34.5 Å². The summed E-state index contributed by atoms with van der Waals surface area (Å²) in [6, 6.07) is 15.2. The van der Waals surface area contributed by atoms with E-state index in [0.29, 0.717) is 30.1 Å². The van der Waals surface area contributed by atoms with Gasteiger partial charge in [0.15, 0.2) is 34.5 Å². The maximum atomic E-state index is 12.4. The van der Waals surface area contributed by atoms with E-state index in [-0.39, 0.29) is 40.9 Å². The minimum atomic E-state index is -1.66. The number of aliphatic hydroxyl groups is 3. The fourth-order valence-electron chi connectivity index (χ4n) is 6.38. The van der Waals surface area contributed by atoms with E-state index in [4.69, 9.17) is 33.2 Å². The summed E-state index contributed by atoms with van der Waals surface area (Å²) in [5, 5.41) is 51.6. The minimum Gasteiger partial charge on any atom is -0.504 e. The molecular formula is C37H44O13. The van der Waals surface area contributed by atoms with Crippen LogP contribution >= 0.6 is 0 Å². The zero-order valence-electron chi connectivity index (χ0n) is 28.3. The molecule has 8 atom stereocenters. The molecule has 270 valence electrons. The van der Waals surface area contributed by atoms with E-state index >= 15 is 0 Å². The van der Waals surface area contributed by atoms with Crippen molar-refractivity contribution in [1.29, 1.82) is 0 Å². The second kappa shape index (κ2) is 16.5. The number of carbonyl (C=O) groups excluding carboxylic acids is 1. The van der Waals surface area contributed by atoms with Gasteiger partial charge in [-0.1, -0.05) is 31.5 Å². The Labute approximate surface area is 290 Å². The lowest BCUT2D eigenvalue weighted by atomic mass is 9.82. The highest BCUT2D eigenvalue weighted by atomic mass is 16.7. The van der Waals surface area contributed by atoms with Crippen LogP contribution in [0.1, 0.15) is 36.1 Å². The van der Waals surface area contributed by atoms with Crippen molar-refractivity contribution in [2.45, 2.75) is 56.6 Å². The monoisotopic (exact) mass is 696 g/mol. The Bertz CT molecular complexity index is 1640. The topological polar surface area (TPSA) is 183 Å². The standard InChI is InChI=1S/C37H44O13/c1-5-24-23(18-48-36(24)22-9-11-26(39)29(17-22)45-3)14-21-7-12-27(30(16-21)46-4)49-37-35(43)34(42)33(41)31(50-37)19-47-32(40)13-8-20-6-10-25(38)28(15-20)44-2/h6-13,15-17,23-24,31,33-39,41-43H,5,14,18-19H2,1-4H3/t23-,24-,31+,33+,34-,35+,36+,37-/m0/s1. The molecule has 0 radical (unpaired) electrons. The van der Waals surface area contributed by atoms with Crippen molar-refractivity contribution in [1.82, 2.24) is 0 Å². The molecule has 2 fully saturated rings. The molecule has 13 heteroatoms. The van der Waals surface area contributed by atoms with Crippen LogP contribution in [0.15, 0.2) is 60.7 Å². The zero-order valence-corrected chi connectivity index (χ0v) is 28.3. The smallest absolute Gasteiger partial charge is 0.330 e. The van der Waals surface area contributed by atoms with Gasteiger partial charge in [-0.2, -0.15) is 0 Å². The van der Waals surface area contributed by atoms with Crippen molar-refractivity contribution in [3.05, 3.63) is 77.4 Å². The lowest BCUT2D eigenvalue weighted by molar-refractivity contribution is -0.278. The number of rotatable bonds is 13. The van der Waals surface area contributed by atoms with Gasteiger partial charge in [-0.25, -0.2) is 4.79 Å². The highest BCUT2D eigenvalue weighted by Crippen LogP contribution is 2.44. The predicted octanol–water partition coefficient (Wildman–Crippen LogP) is 3.52. The van der Waals surface area contributed by atoms with Crippen molar-refractivity contribution in [2.75, 3.05) is 34.5 Å². The van der Waals surface area contributed by atoms with Crippen LogP contribution < -0.4 is 18.9 Å². The number of esters is 1. The number of carbonyl (C=O) groups is 1. The number of aromatic hydroxyl groups is 2. The number of benzene rings is 3. The molecule has 50 heavy (non-hydrogen) atoms. The van der Waals surface area contributed by atoms with Gasteiger partial charge in [0.05, 0.1) is 34.0 Å². The van der Waals surface area contributed by atoms with Gasteiger partial charge in [0, 0.05) is 6.08 Å². The first-order valence-corrected chi connectivity index (χ1v) is 16.3. The molecular weight excluding hydrogens is 652 g/mol. The first-order valence-electron chi connectivity index (χ1n) is 16.3. The van der Waals surface area contributed by atoms with Crippen molar-refractivity contribution < 1.29 is 63.5 Å². The minimum absolute atomic E-state index is 0.0474. The molecule has 5 N–H and O–H groups in total. The summed E-state index contributed by atoms with van der Waals surface area (Å²) in [7, 11) is 4.40. The number of aliphatic hydroxyl groups excluding tert-OH is 3. The quantitative estimate of drug-likeness (QED) is 0.129. The highest BCUT2D eigenvalue weighted by molar-refractivity contribution is 5.87. The van der Waals surface area contributed by atoms with E-state index in [2.05, 4.69) is 6.92 Å². The van der Waals surface area contributed by atoms with Crippen molar-refractivity contribution in [2.24, 2.45) is 11.8 Å². The first-order chi connectivity index (χ1) is 24.1. The fraction of sp³-hybridized carbons (Fsp3) is 0.432. The Hall–Kier alpha value is -4.53. The van der Waals surface area contributed by atoms with E-state index in [1.54, 1.807) is 24.3 Å². The maximum Gasteiger partial charge on any atom is 0.330 e. The number of methoxy groups -OCH3 is 3. The van der Waals surface area contributed by atoms with Gasteiger partial charge in [0.1, 0.15) is 31.0 Å². The molecule has 3 aromatic rings. The Balaban J connectivity index is 1.21. The van der Waals surface area contributed by atoms with E-state index in [9.17, 15) is 30.3 Å². The van der Waals surface area contributed by atoms with Gasteiger partial charge in [0.25, 0.3) is 0 Å². The summed E-state index contributed by atoms with van der Waals surface area (Å²) in [5.74, 6) is 0.906. The Kier molecular flexibility index (Phi) is 12.1. The first kappa shape index (κ1) is 36.7. The molecule has 0 aromatic heterocycles. The second-order valence-electron chi connectivity index (χ2n) is 12.2. The van der Waals surface area contributed by atoms with E-state index in [0.717, 1.165) is 23.6 Å². The van der Waals surface area contributed by atoms with Crippen LogP contribution in [0.2, 0.25) is 0 Å². The van der Waals surface area contributed by atoms with Crippen LogP contribution in [-0.2, 0) is 25.4 Å². The number of hydrogen-bond donors (Lipinski definition) is 5. The van der Waals surface area contributed by atoms with Crippen molar-refractivity contribution in [3.8, 4) is 34.5 Å². The molecule has 0 bridgehead atoms. The van der Waals surface area contributed by atoms with E-state index < -0.39 is 43.3 Å². The van der Waals surface area contributed by atoms with E-state index in [1.807, 2.05) is 18.2 Å². The van der Waals surface area contributed by atoms with Gasteiger partial charge in [-0.05, 0) is 77.4 Å². The third-order valence-corrected chi connectivity index (χ3v) is 9.13. The Morgan fingerprint density at radius 1 is 0.840 bits per heavy atom. The van der Waals surface area contributed by atoms with Crippen LogP contribution in [0, 0.1) is 11.8 Å². The normalized spacial score (nSPS) is 26.5. The predicted molar refractivity (Wildman–Crippen MR) is 179 cm³/mol. The SMILES string of the molecule is CC[C@H]1[C@@H](Cc2ccc(O[C@H]3O[C@H](COC(=O)C=Cc4ccc(O)c(OC)c4)[C@@H](O)[C@H](O)[C@H]3O)c(OC)c2)CO[C@@H]1c1ccc(O)c(OC)c1. The van der Waals surface area contributed by atoms with Gasteiger partial charge in [-0.3, -0.25) is 0 Å². The lowest BCUT2D eigenvalue weighted by Gasteiger charge is -2.40.